The lowest BCUT2D eigenvalue weighted by Gasteiger charge is -2.32. The first-order chi connectivity index (χ1) is 14.1. The molecule has 1 atom stereocenters. The molecule has 0 aromatic heterocycles. The van der Waals surface area contributed by atoms with Gasteiger partial charge in [-0.05, 0) is 35.2 Å². The summed E-state index contributed by atoms with van der Waals surface area (Å²) in [7, 11) is 0. The summed E-state index contributed by atoms with van der Waals surface area (Å²) in [4.78, 5) is 38.4. The van der Waals surface area contributed by atoms with Gasteiger partial charge in [-0.15, -0.1) is 0 Å². The number of fused-ring (bicyclic) bond motifs is 6. The van der Waals surface area contributed by atoms with Gasteiger partial charge in [0.15, 0.2) is 5.78 Å². The molecule has 0 saturated heterocycles. The molecule has 1 aliphatic carbocycles. The Morgan fingerprint density at radius 2 is 1.48 bits per heavy atom. The molecule has 1 unspecified atom stereocenters. The summed E-state index contributed by atoms with van der Waals surface area (Å²) in [6.45, 7) is 1.91. The Hall–Kier alpha value is -3.73. The van der Waals surface area contributed by atoms with Crippen LogP contribution in [-0.4, -0.2) is 24.1 Å². The van der Waals surface area contributed by atoms with Gasteiger partial charge >= 0.3 is 5.97 Å². The molecule has 1 heterocycles. The lowest BCUT2D eigenvalue weighted by Crippen LogP contribution is -2.33. The zero-order chi connectivity index (χ0) is 20.1. The van der Waals surface area contributed by atoms with Crippen molar-refractivity contribution < 1.29 is 19.1 Å². The molecule has 0 spiro atoms. The van der Waals surface area contributed by atoms with E-state index < -0.39 is 11.9 Å². The molecule has 3 aromatic rings. The van der Waals surface area contributed by atoms with Crippen molar-refractivity contribution in [2.24, 2.45) is 0 Å². The summed E-state index contributed by atoms with van der Waals surface area (Å²) >= 11 is 0. The molecular formula is C24H17NO4. The Labute approximate surface area is 166 Å². The average molecular weight is 383 g/mol. The number of hydrogen-bond donors (Lipinski definition) is 1. The first kappa shape index (κ1) is 17.4. The Kier molecular flexibility index (Phi) is 3.84. The maximum Gasteiger partial charge on any atom is 0.318 e. The van der Waals surface area contributed by atoms with E-state index in [1.807, 2.05) is 48.5 Å². The molecule has 0 radical (unpaired) electrons. The highest BCUT2D eigenvalue weighted by molar-refractivity contribution is 6.27. The molecule has 3 aromatic carbocycles. The van der Waals surface area contributed by atoms with Gasteiger partial charge in [-0.25, -0.2) is 0 Å². The minimum atomic E-state index is -0.961. The van der Waals surface area contributed by atoms with Crippen LogP contribution in [-0.2, 0) is 19.1 Å². The first-order valence-electron chi connectivity index (χ1n) is 9.49. The molecule has 29 heavy (non-hydrogen) atoms. The molecule has 5 heteroatoms. The fourth-order valence-electron chi connectivity index (χ4n) is 4.33. The van der Waals surface area contributed by atoms with Crippen LogP contribution in [0.2, 0.25) is 0 Å². The number of esters is 1. The Morgan fingerprint density at radius 1 is 0.897 bits per heavy atom. The largest absolute Gasteiger partial charge is 0.465 e. The minimum Gasteiger partial charge on any atom is -0.465 e. The molecule has 0 amide bonds. The van der Waals surface area contributed by atoms with E-state index in [0.29, 0.717) is 11.3 Å². The molecular weight excluding hydrogens is 366 g/mol. The van der Waals surface area contributed by atoms with E-state index in [1.165, 1.54) is 12.2 Å². The van der Waals surface area contributed by atoms with Crippen molar-refractivity contribution >= 4 is 44.8 Å². The highest BCUT2D eigenvalue weighted by Gasteiger charge is 2.42. The van der Waals surface area contributed by atoms with Gasteiger partial charge in [0.05, 0.1) is 18.0 Å². The second kappa shape index (κ2) is 6.41. The predicted octanol–water partition coefficient (Wildman–Crippen LogP) is 4.03. The molecule has 0 bridgehead atoms. The number of anilines is 1. The monoisotopic (exact) mass is 383 g/mol. The van der Waals surface area contributed by atoms with Gasteiger partial charge in [-0.2, -0.15) is 0 Å². The van der Waals surface area contributed by atoms with Crippen molar-refractivity contribution in [3.8, 4) is 0 Å². The van der Waals surface area contributed by atoms with E-state index in [4.69, 9.17) is 4.74 Å². The van der Waals surface area contributed by atoms with Gasteiger partial charge in [-0.1, -0.05) is 48.5 Å². The Bertz CT molecular complexity index is 1300. The topological polar surface area (TPSA) is 72.5 Å². The van der Waals surface area contributed by atoms with Crippen molar-refractivity contribution in [1.82, 2.24) is 0 Å². The summed E-state index contributed by atoms with van der Waals surface area (Å²) < 4.78 is 5.34. The molecule has 142 valence electrons. The fraction of sp³-hybridized carbons (Fsp3) is 0.125. The van der Waals surface area contributed by atoms with E-state index in [2.05, 4.69) is 5.32 Å². The van der Waals surface area contributed by atoms with E-state index in [-0.39, 0.29) is 29.4 Å². The van der Waals surface area contributed by atoms with Crippen LogP contribution in [0.1, 0.15) is 18.4 Å². The van der Waals surface area contributed by atoms with Gasteiger partial charge in [-0.3, -0.25) is 14.4 Å². The van der Waals surface area contributed by atoms with Crippen molar-refractivity contribution in [2.75, 3.05) is 11.9 Å². The maximum absolute atomic E-state index is 13.1. The van der Waals surface area contributed by atoms with Gasteiger partial charge in [0.25, 0.3) is 0 Å². The van der Waals surface area contributed by atoms with Crippen LogP contribution in [0.25, 0.3) is 21.5 Å². The number of carbonyl (C=O) groups excluding carboxylic acids is 3. The highest BCUT2D eigenvalue weighted by atomic mass is 16.5. The molecule has 1 aliphatic heterocycles. The molecule has 0 fully saturated rings. The fourth-order valence-corrected chi connectivity index (χ4v) is 4.33. The molecule has 2 aliphatic rings. The SMILES string of the molecule is CCOC(=O)C1C2=C(Nc3c1c1ccccc1c1ccccc31)C(=O)C=CC2=O. The number of rotatable bonds is 2. The third-order valence-electron chi connectivity index (χ3n) is 5.49. The second-order valence-electron chi connectivity index (χ2n) is 7.04. The van der Waals surface area contributed by atoms with Gasteiger partial charge in [0.1, 0.15) is 5.92 Å². The number of nitrogens with one attached hydrogen (secondary N) is 1. The summed E-state index contributed by atoms with van der Waals surface area (Å²) in [5.74, 6) is -2.17. The average Bonchev–Trinajstić information content (AvgIpc) is 2.75. The van der Waals surface area contributed by atoms with Crippen LogP contribution in [0.15, 0.2) is 72.0 Å². The zero-order valence-corrected chi connectivity index (χ0v) is 15.7. The number of carbonyl (C=O) groups is 3. The van der Waals surface area contributed by atoms with E-state index >= 15 is 0 Å². The van der Waals surface area contributed by atoms with E-state index in [1.54, 1.807) is 6.92 Å². The van der Waals surface area contributed by atoms with E-state index in [9.17, 15) is 14.4 Å². The zero-order valence-electron chi connectivity index (χ0n) is 15.7. The van der Waals surface area contributed by atoms with Crippen molar-refractivity contribution in [3.63, 3.8) is 0 Å². The van der Waals surface area contributed by atoms with Gasteiger partial charge < -0.3 is 10.1 Å². The standard InChI is InChI=1S/C24H17NO4/c1-2-29-24(28)21-19-15-9-5-3-7-13(15)14-8-4-6-10-16(14)22(19)25-23-18(27)12-11-17(26)20(21)23/h3-12,21,25H,2H2,1H3. The van der Waals surface area contributed by atoms with Gasteiger partial charge in [0.2, 0.25) is 5.78 Å². The van der Waals surface area contributed by atoms with Crippen LogP contribution < -0.4 is 5.32 Å². The van der Waals surface area contributed by atoms with Crippen LogP contribution in [0.4, 0.5) is 5.69 Å². The summed E-state index contributed by atoms with van der Waals surface area (Å²) in [5, 5.41) is 6.92. The number of ketones is 2. The molecule has 0 saturated carbocycles. The lowest BCUT2D eigenvalue weighted by molar-refractivity contribution is -0.144. The number of benzene rings is 3. The molecule has 5 rings (SSSR count). The number of hydrogen-bond acceptors (Lipinski definition) is 5. The first-order valence-corrected chi connectivity index (χ1v) is 9.49. The van der Waals surface area contributed by atoms with Gasteiger partial charge in [0, 0.05) is 16.5 Å². The predicted molar refractivity (Wildman–Crippen MR) is 111 cm³/mol. The Morgan fingerprint density at radius 3 is 2.17 bits per heavy atom. The Balaban J connectivity index is 1.93. The van der Waals surface area contributed by atoms with Crippen LogP contribution in [0, 0.1) is 0 Å². The van der Waals surface area contributed by atoms with Crippen molar-refractivity contribution in [1.29, 1.82) is 0 Å². The van der Waals surface area contributed by atoms with Crippen LogP contribution >= 0.6 is 0 Å². The van der Waals surface area contributed by atoms with E-state index in [0.717, 1.165) is 21.5 Å². The highest BCUT2D eigenvalue weighted by Crippen LogP contribution is 2.47. The third kappa shape index (κ3) is 2.44. The van der Waals surface area contributed by atoms with Crippen LogP contribution in [0.5, 0.6) is 0 Å². The second-order valence-corrected chi connectivity index (χ2v) is 7.04. The summed E-state index contributed by atoms with van der Waals surface area (Å²) in [5.41, 5.74) is 1.66. The molecule has 5 nitrogen and oxygen atoms in total. The summed E-state index contributed by atoms with van der Waals surface area (Å²) in [6, 6.07) is 15.6. The normalized spacial score (nSPS) is 17.9. The molecule has 1 N–H and O–H groups in total. The maximum atomic E-state index is 13.1. The summed E-state index contributed by atoms with van der Waals surface area (Å²) in [6.07, 6.45) is 2.47. The lowest BCUT2D eigenvalue weighted by atomic mass is 9.77. The van der Waals surface area contributed by atoms with Crippen molar-refractivity contribution in [2.45, 2.75) is 12.8 Å². The number of allylic oxidation sites excluding steroid dienone is 2. The third-order valence-corrected chi connectivity index (χ3v) is 5.49. The quantitative estimate of drug-likeness (QED) is 0.411. The number of ether oxygens (including phenoxy) is 1. The van der Waals surface area contributed by atoms with Crippen molar-refractivity contribution in [3.05, 3.63) is 77.5 Å². The van der Waals surface area contributed by atoms with Crippen LogP contribution in [0.3, 0.4) is 0 Å². The minimum absolute atomic E-state index is 0.156. The smallest absolute Gasteiger partial charge is 0.318 e.